The van der Waals surface area contributed by atoms with Gasteiger partial charge in [0.1, 0.15) is 14.1 Å². The molecular weight excluding hydrogens is 332 g/mol. The minimum absolute atomic E-state index is 0.181. The number of halogens is 1. The molecule has 0 N–H and O–H groups in total. The summed E-state index contributed by atoms with van der Waals surface area (Å²) in [7, 11) is -0.395. The second-order valence-electron chi connectivity index (χ2n) is 3.07. The Labute approximate surface area is 113 Å². The van der Waals surface area contributed by atoms with Gasteiger partial charge in [-0.2, -0.15) is 0 Å². The lowest BCUT2D eigenvalue weighted by atomic mass is 10.3. The first-order valence-corrected chi connectivity index (χ1v) is 6.91. The van der Waals surface area contributed by atoms with Crippen LogP contribution in [-0.4, -0.2) is 63.3 Å². The number of nitrogens with zero attached hydrogens (tertiary/aromatic N) is 2. The normalized spacial score (nSPS) is 11.7. The first kappa shape index (κ1) is 16.7. The van der Waals surface area contributed by atoms with E-state index in [1.54, 1.807) is 0 Å². The van der Waals surface area contributed by atoms with Crippen LogP contribution in [0.1, 0.15) is 0 Å². The summed E-state index contributed by atoms with van der Waals surface area (Å²) < 4.78 is 31.9. The van der Waals surface area contributed by atoms with Crippen molar-refractivity contribution in [2.45, 2.75) is 0 Å². The van der Waals surface area contributed by atoms with Crippen LogP contribution in [0.15, 0.2) is 4.99 Å². The molecule has 0 aliphatic rings. The number of Topliss-reactive ketones (excluding diaryl/α,β-unsaturated/α-hetero) is 1. The van der Waals surface area contributed by atoms with E-state index in [0.717, 1.165) is 13.4 Å². The zero-order valence-electron chi connectivity index (χ0n) is 9.91. The predicted molar refractivity (Wildman–Crippen MR) is 66.4 cm³/mol. The van der Waals surface area contributed by atoms with E-state index in [4.69, 9.17) is 0 Å². The molecule has 0 spiro atoms. The van der Waals surface area contributed by atoms with Gasteiger partial charge in [-0.05, 0) is 0 Å². The van der Waals surface area contributed by atoms with Gasteiger partial charge in [0.2, 0.25) is 0 Å². The second kappa shape index (κ2) is 7.21. The fourth-order valence-corrected chi connectivity index (χ4v) is 1.53. The van der Waals surface area contributed by atoms with Crippen LogP contribution in [0, 0.1) is 0 Å². The summed E-state index contributed by atoms with van der Waals surface area (Å²) in [6, 6.07) is 0. The number of alkyl halides is 1. The summed E-state index contributed by atoms with van der Waals surface area (Å²) in [4.78, 5) is 25.9. The maximum atomic E-state index is 11.4. The molecule has 0 bridgehead atoms. The van der Waals surface area contributed by atoms with Crippen LogP contribution in [0.3, 0.4) is 0 Å². The second-order valence-corrected chi connectivity index (χ2v) is 4.81. The average Bonchev–Trinajstić information content (AvgIpc) is 2.26. The number of hydrogen-bond donors (Lipinski definition) is 0. The number of aliphatic imine (C=N–C) groups is 1. The largest absolute Gasteiger partial charge is 0.508 e. The Bertz CT molecular complexity index is 492. The summed E-state index contributed by atoms with van der Waals surface area (Å²) in [6.45, 7) is 0. The van der Waals surface area contributed by atoms with Gasteiger partial charge in [-0.1, -0.05) is 15.9 Å². The highest BCUT2D eigenvalue weighted by molar-refractivity contribution is 9.09. The van der Waals surface area contributed by atoms with Crippen LogP contribution in [-0.2, 0) is 28.4 Å². The highest BCUT2D eigenvalue weighted by atomic mass is 79.9. The van der Waals surface area contributed by atoms with Gasteiger partial charge in [-0.15, -0.1) is 8.42 Å². The quantitative estimate of drug-likeness (QED) is 0.204. The first-order chi connectivity index (χ1) is 8.23. The molecular formula is C8H12BrN2O6S+. The van der Waals surface area contributed by atoms with Crippen LogP contribution in [0.2, 0.25) is 0 Å². The Hall–Kier alpha value is -1.29. The molecule has 0 saturated heterocycles. The third kappa shape index (κ3) is 5.87. The lowest BCUT2D eigenvalue weighted by Crippen LogP contribution is -2.30. The molecule has 0 unspecified atom stereocenters. The van der Waals surface area contributed by atoms with E-state index in [-0.39, 0.29) is 5.33 Å². The molecule has 102 valence electrons. The molecule has 0 aromatic heterocycles. The fraction of sp³-hybridized carbons (Fsp3) is 0.500. The van der Waals surface area contributed by atoms with Gasteiger partial charge in [-0.3, -0.25) is 14.0 Å². The van der Waals surface area contributed by atoms with Crippen molar-refractivity contribution >= 4 is 50.2 Å². The molecule has 0 saturated carbocycles. The van der Waals surface area contributed by atoms with Crippen LogP contribution in [0.4, 0.5) is 0 Å². The van der Waals surface area contributed by atoms with Gasteiger partial charge >= 0.3 is 22.8 Å². The van der Waals surface area contributed by atoms with Crippen molar-refractivity contribution in [2.75, 3.05) is 26.5 Å². The third-order valence-corrected chi connectivity index (χ3v) is 2.54. The summed E-state index contributed by atoms with van der Waals surface area (Å²) in [5.41, 5.74) is -0.621. The molecule has 0 aromatic rings. The van der Waals surface area contributed by atoms with E-state index in [2.05, 4.69) is 29.3 Å². The van der Waals surface area contributed by atoms with Crippen molar-refractivity contribution in [3.05, 3.63) is 0 Å². The fourth-order valence-electron chi connectivity index (χ4n) is 0.684. The minimum atomic E-state index is -4.57. The molecule has 0 amide bonds. The Morgan fingerprint density at radius 3 is 2.33 bits per heavy atom. The molecule has 10 heteroatoms. The summed E-state index contributed by atoms with van der Waals surface area (Å²) in [5, 5.41) is -0.181. The summed E-state index contributed by atoms with van der Waals surface area (Å²) in [6.07, 6.45) is 0.817. The topological polar surface area (TPSA) is 102 Å². The number of carbonyl (C=O) groups is 2. The predicted octanol–water partition coefficient (Wildman–Crippen LogP) is -0.874. The SMILES string of the molecule is CN=C(C(=O)CBr)C(=O)OS(=O)(=O)OC=[N+](C)C. The Balaban J connectivity index is 4.86. The standard InChI is InChI=1S/C8H12BrN2O6S/c1-10-7(6(12)4-9)8(13)17-18(14,15)16-5-11(2)3/h5H,4H2,1-3H3/q+1. The Morgan fingerprint density at radius 1 is 1.39 bits per heavy atom. The van der Waals surface area contributed by atoms with E-state index in [1.165, 1.54) is 18.7 Å². The summed E-state index contributed by atoms with van der Waals surface area (Å²) in [5.74, 6) is -2.09. The maximum absolute atomic E-state index is 11.4. The van der Waals surface area contributed by atoms with Gasteiger partial charge in [0, 0.05) is 7.05 Å². The number of ketones is 1. The van der Waals surface area contributed by atoms with Crippen molar-refractivity contribution in [2.24, 2.45) is 4.99 Å². The van der Waals surface area contributed by atoms with Crippen molar-refractivity contribution in [1.82, 2.24) is 0 Å². The van der Waals surface area contributed by atoms with E-state index >= 15 is 0 Å². The van der Waals surface area contributed by atoms with Gasteiger partial charge in [0.25, 0.3) is 0 Å². The number of carbonyl (C=O) groups excluding carboxylic acids is 2. The molecule has 0 radical (unpaired) electrons. The van der Waals surface area contributed by atoms with Gasteiger partial charge in [0.05, 0.1) is 5.33 Å². The summed E-state index contributed by atoms with van der Waals surface area (Å²) >= 11 is 2.82. The molecule has 0 aromatic carbocycles. The third-order valence-electron chi connectivity index (χ3n) is 1.35. The van der Waals surface area contributed by atoms with Crippen LogP contribution in [0.5, 0.6) is 0 Å². The van der Waals surface area contributed by atoms with Crippen molar-refractivity contribution in [3.63, 3.8) is 0 Å². The number of rotatable bonds is 6. The Kier molecular flexibility index (Phi) is 6.70. The highest BCUT2D eigenvalue weighted by Gasteiger charge is 2.27. The van der Waals surface area contributed by atoms with Gasteiger partial charge in [-0.25, -0.2) is 9.37 Å². The lowest BCUT2D eigenvalue weighted by Gasteiger charge is -2.03. The first-order valence-electron chi connectivity index (χ1n) is 4.46. The van der Waals surface area contributed by atoms with Gasteiger partial charge < -0.3 is 4.18 Å². The van der Waals surface area contributed by atoms with E-state index in [0.29, 0.717) is 0 Å². The van der Waals surface area contributed by atoms with E-state index < -0.39 is 27.9 Å². The number of hydrogen-bond acceptors (Lipinski definition) is 7. The van der Waals surface area contributed by atoms with Crippen molar-refractivity contribution in [1.29, 1.82) is 0 Å². The van der Waals surface area contributed by atoms with Crippen molar-refractivity contribution < 1.29 is 30.9 Å². The molecule has 0 heterocycles. The van der Waals surface area contributed by atoms with Crippen LogP contribution >= 0.6 is 15.9 Å². The zero-order chi connectivity index (χ0) is 14.3. The van der Waals surface area contributed by atoms with Crippen LogP contribution in [0.25, 0.3) is 0 Å². The lowest BCUT2D eigenvalue weighted by molar-refractivity contribution is -0.466. The molecule has 0 aliphatic heterocycles. The molecule has 0 aliphatic carbocycles. The highest BCUT2D eigenvalue weighted by Crippen LogP contribution is 1.99. The van der Waals surface area contributed by atoms with Crippen LogP contribution < -0.4 is 0 Å². The van der Waals surface area contributed by atoms with E-state index in [1.807, 2.05) is 0 Å². The molecule has 0 fully saturated rings. The van der Waals surface area contributed by atoms with Crippen molar-refractivity contribution in [3.8, 4) is 0 Å². The molecule has 0 rings (SSSR count). The Morgan fingerprint density at radius 2 is 1.94 bits per heavy atom. The minimum Gasteiger partial charge on any atom is -0.309 e. The molecule has 0 atom stereocenters. The zero-order valence-corrected chi connectivity index (χ0v) is 12.3. The maximum Gasteiger partial charge on any atom is 0.508 e. The smallest absolute Gasteiger partial charge is 0.309 e. The average molecular weight is 344 g/mol. The molecule has 8 nitrogen and oxygen atoms in total. The van der Waals surface area contributed by atoms with Gasteiger partial charge in [0.15, 0.2) is 11.5 Å². The van der Waals surface area contributed by atoms with E-state index in [9.17, 15) is 18.0 Å². The molecule has 18 heavy (non-hydrogen) atoms. The monoisotopic (exact) mass is 343 g/mol.